The van der Waals surface area contributed by atoms with Crippen molar-refractivity contribution >= 4 is 8.32 Å². The normalized spacial score (nSPS) is 36.1. The van der Waals surface area contributed by atoms with Crippen LogP contribution in [0.4, 0.5) is 4.39 Å². The summed E-state index contributed by atoms with van der Waals surface area (Å²) in [5.74, 6) is 0. The van der Waals surface area contributed by atoms with Crippen molar-refractivity contribution in [1.29, 1.82) is 0 Å². The Labute approximate surface area is 123 Å². The number of rotatable bonds is 4. The third kappa shape index (κ3) is 3.60. The van der Waals surface area contributed by atoms with Crippen LogP contribution in [0, 0.1) is 0 Å². The van der Waals surface area contributed by atoms with Crippen molar-refractivity contribution in [2.45, 2.75) is 76.6 Å². The molecule has 1 aliphatic heterocycles. The fourth-order valence-electron chi connectivity index (χ4n) is 2.18. The van der Waals surface area contributed by atoms with Gasteiger partial charge in [-0.1, -0.05) is 20.8 Å². The molecular weight excluding hydrogens is 279 g/mol. The van der Waals surface area contributed by atoms with Crippen LogP contribution in [-0.2, 0) is 18.6 Å². The lowest BCUT2D eigenvalue weighted by atomic mass is 10.0. The maximum Gasteiger partial charge on any atom is 0.228 e. The molecule has 6 heteroatoms. The Balaban J connectivity index is 3.01. The molecule has 0 aromatic heterocycles. The van der Waals surface area contributed by atoms with Crippen molar-refractivity contribution in [3.05, 3.63) is 0 Å². The molecule has 1 fully saturated rings. The summed E-state index contributed by atoms with van der Waals surface area (Å²) in [6.07, 6.45) is -3.40. The summed E-state index contributed by atoms with van der Waals surface area (Å²) in [4.78, 5) is 0. The molecule has 0 radical (unpaired) electrons. The maximum atomic E-state index is 14.1. The summed E-state index contributed by atoms with van der Waals surface area (Å²) in [5.41, 5.74) is 0. The van der Waals surface area contributed by atoms with E-state index < -0.39 is 26.9 Å². The van der Waals surface area contributed by atoms with Gasteiger partial charge in [0.05, 0.1) is 6.10 Å². The van der Waals surface area contributed by atoms with E-state index in [2.05, 4.69) is 33.9 Å². The summed E-state index contributed by atoms with van der Waals surface area (Å²) < 4.78 is 36.4. The SMILES string of the molecule is CO[C@@H]1[C@@H](O[Si](C)(C)C(C)(C)C)[C@@H](OC)[C@H](F)O[C@H]1C. The van der Waals surface area contributed by atoms with E-state index in [9.17, 15) is 4.39 Å². The lowest BCUT2D eigenvalue weighted by molar-refractivity contribution is -0.260. The second-order valence-corrected chi connectivity index (χ2v) is 11.7. The average Bonchev–Trinajstić information content (AvgIpc) is 2.27. The van der Waals surface area contributed by atoms with Crippen molar-refractivity contribution < 1.29 is 23.0 Å². The molecule has 0 N–H and O–H groups in total. The molecule has 0 amide bonds. The fourth-order valence-corrected chi connectivity index (χ4v) is 3.48. The van der Waals surface area contributed by atoms with Crippen LogP contribution in [0.15, 0.2) is 0 Å². The molecule has 0 aromatic carbocycles. The van der Waals surface area contributed by atoms with Crippen LogP contribution in [0.3, 0.4) is 0 Å². The topological polar surface area (TPSA) is 36.9 Å². The summed E-state index contributed by atoms with van der Waals surface area (Å²) >= 11 is 0. The van der Waals surface area contributed by atoms with Crippen molar-refractivity contribution in [2.24, 2.45) is 0 Å². The van der Waals surface area contributed by atoms with Gasteiger partial charge in [-0.3, -0.25) is 0 Å². The zero-order chi connectivity index (χ0) is 15.7. The van der Waals surface area contributed by atoms with Crippen molar-refractivity contribution in [2.75, 3.05) is 14.2 Å². The van der Waals surface area contributed by atoms with E-state index in [1.807, 2.05) is 0 Å². The van der Waals surface area contributed by atoms with Gasteiger partial charge >= 0.3 is 0 Å². The number of ether oxygens (including phenoxy) is 3. The molecule has 0 bridgehead atoms. The van der Waals surface area contributed by atoms with E-state index in [-0.39, 0.29) is 17.2 Å². The summed E-state index contributed by atoms with van der Waals surface area (Å²) in [7, 11) is 1.02. The zero-order valence-corrected chi connectivity index (χ0v) is 14.9. The Bertz CT molecular complexity index is 303. The maximum absolute atomic E-state index is 14.1. The molecule has 0 aliphatic carbocycles. The molecule has 1 heterocycles. The molecule has 0 aromatic rings. The zero-order valence-electron chi connectivity index (χ0n) is 13.9. The van der Waals surface area contributed by atoms with Gasteiger partial charge in [0.15, 0.2) is 8.32 Å². The standard InChI is InChI=1S/C14H29FO4Si/c1-9-10(16-5)11(12(17-6)13(15)18-9)19-20(7,8)14(2,3)4/h9-13H,1-8H3/t9-,10-,11+,12+,13+/m0/s1. The highest BCUT2D eigenvalue weighted by atomic mass is 28.4. The molecule has 0 spiro atoms. The van der Waals surface area contributed by atoms with Gasteiger partial charge in [0.1, 0.15) is 18.3 Å². The third-order valence-corrected chi connectivity index (χ3v) is 8.97. The predicted molar refractivity (Wildman–Crippen MR) is 79.1 cm³/mol. The molecule has 5 atom stereocenters. The highest BCUT2D eigenvalue weighted by Gasteiger charge is 2.50. The Kier molecular flexibility index (Phi) is 5.77. The lowest BCUT2D eigenvalue weighted by Crippen LogP contribution is -2.61. The summed E-state index contributed by atoms with van der Waals surface area (Å²) in [6, 6.07) is 0. The first kappa shape index (κ1) is 18.0. The second-order valence-electron chi connectivity index (χ2n) is 6.94. The van der Waals surface area contributed by atoms with E-state index in [4.69, 9.17) is 18.6 Å². The largest absolute Gasteiger partial charge is 0.408 e. The van der Waals surface area contributed by atoms with Crippen molar-refractivity contribution in [3.63, 3.8) is 0 Å². The van der Waals surface area contributed by atoms with Gasteiger partial charge in [-0.05, 0) is 25.1 Å². The minimum atomic E-state index is -2.05. The number of halogens is 1. The van der Waals surface area contributed by atoms with E-state index in [0.29, 0.717) is 0 Å². The molecule has 0 saturated carbocycles. The van der Waals surface area contributed by atoms with Gasteiger partial charge in [-0.2, -0.15) is 0 Å². The van der Waals surface area contributed by atoms with Crippen LogP contribution in [-0.4, -0.2) is 53.3 Å². The summed E-state index contributed by atoms with van der Waals surface area (Å²) in [5, 5.41) is 0.0386. The number of hydrogen-bond donors (Lipinski definition) is 0. The Morgan fingerprint density at radius 3 is 1.90 bits per heavy atom. The van der Waals surface area contributed by atoms with Crippen LogP contribution in [0.25, 0.3) is 0 Å². The third-order valence-electron chi connectivity index (χ3n) is 4.49. The van der Waals surface area contributed by atoms with Crippen LogP contribution in [0.1, 0.15) is 27.7 Å². The van der Waals surface area contributed by atoms with E-state index in [0.717, 1.165) is 0 Å². The van der Waals surface area contributed by atoms with Gasteiger partial charge in [0.2, 0.25) is 6.36 Å². The molecule has 4 nitrogen and oxygen atoms in total. The average molecular weight is 308 g/mol. The van der Waals surface area contributed by atoms with E-state index in [1.165, 1.54) is 7.11 Å². The van der Waals surface area contributed by atoms with Crippen LogP contribution in [0.2, 0.25) is 18.1 Å². The minimum absolute atomic E-state index is 0.0386. The lowest BCUT2D eigenvalue weighted by Gasteiger charge is -2.47. The molecule has 20 heavy (non-hydrogen) atoms. The van der Waals surface area contributed by atoms with Crippen LogP contribution >= 0.6 is 0 Å². The van der Waals surface area contributed by atoms with E-state index in [1.54, 1.807) is 14.0 Å². The Hall–Kier alpha value is -0.0131. The van der Waals surface area contributed by atoms with E-state index >= 15 is 0 Å². The molecule has 0 unspecified atom stereocenters. The minimum Gasteiger partial charge on any atom is -0.408 e. The molecule has 120 valence electrons. The smallest absolute Gasteiger partial charge is 0.228 e. The number of methoxy groups -OCH3 is 2. The first-order valence-electron chi connectivity index (χ1n) is 7.08. The predicted octanol–water partition coefficient (Wildman–Crippen LogP) is 3.12. The Morgan fingerprint density at radius 1 is 1.00 bits per heavy atom. The highest BCUT2D eigenvalue weighted by Crippen LogP contribution is 2.40. The van der Waals surface area contributed by atoms with Gasteiger partial charge in [0, 0.05) is 14.2 Å². The number of alkyl halides is 1. The van der Waals surface area contributed by atoms with Crippen molar-refractivity contribution in [1.82, 2.24) is 0 Å². The van der Waals surface area contributed by atoms with Gasteiger partial charge in [-0.25, -0.2) is 4.39 Å². The van der Waals surface area contributed by atoms with Gasteiger partial charge < -0.3 is 18.6 Å². The second kappa shape index (κ2) is 6.40. The molecule has 1 saturated heterocycles. The first-order chi connectivity index (χ1) is 9.05. The van der Waals surface area contributed by atoms with Gasteiger partial charge in [0.25, 0.3) is 0 Å². The monoisotopic (exact) mass is 308 g/mol. The fraction of sp³-hybridized carbons (Fsp3) is 1.00. The Morgan fingerprint density at radius 2 is 1.50 bits per heavy atom. The van der Waals surface area contributed by atoms with Crippen molar-refractivity contribution in [3.8, 4) is 0 Å². The number of hydrogen-bond acceptors (Lipinski definition) is 4. The first-order valence-corrected chi connectivity index (χ1v) is 9.99. The van der Waals surface area contributed by atoms with Gasteiger partial charge in [-0.15, -0.1) is 0 Å². The van der Waals surface area contributed by atoms with Crippen LogP contribution in [0.5, 0.6) is 0 Å². The highest BCUT2D eigenvalue weighted by molar-refractivity contribution is 6.74. The molecular formula is C14H29FO4Si. The quantitative estimate of drug-likeness (QED) is 0.748. The van der Waals surface area contributed by atoms with Crippen LogP contribution < -0.4 is 0 Å². The molecule has 1 rings (SSSR count). The molecule has 1 aliphatic rings. The summed E-state index contributed by atoms with van der Waals surface area (Å²) in [6.45, 7) is 12.5.